The van der Waals surface area contributed by atoms with Gasteiger partial charge < -0.3 is 14.2 Å². The van der Waals surface area contributed by atoms with Gasteiger partial charge in [0.25, 0.3) is 0 Å². The third-order valence-electron chi connectivity index (χ3n) is 5.39. The molecule has 0 bridgehead atoms. The summed E-state index contributed by atoms with van der Waals surface area (Å²) in [5, 5.41) is -0.225. The van der Waals surface area contributed by atoms with E-state index in [0.717, 1.165) is 51.6 Å². The van der Waals surface area contributed by atoms with E-state index in [9.17, 15) is 9.18 Å². The number of hydrogen-bond donors (Lipinski definition) is 0. The number of likely N-dealkylation sites (tertiary alicyclic amines) is 1. The van der Waals surface area contributed by atoms with Gasteiger partial charge in [-0.15, -0.1) is 11.3 Å². The van der Waals surface area contributed by atoms with Gasteiger partial charge in [0, 0.05) is 23.2 Å². The Hall–Kier alpha value is -2.93. The molecular formula is C23H24FN3O2S. The summed E-state index contributed by atoms with van der Waals surface area (Å²) in [6, 6.07) is 8.95. The van der Waals surface area contributed by atoms with Crippen LogP contribution in [0.25, 0.3) is 11.8 Å². The molecule has 0 unspecified atom stereocenters. The van der Waals surface area contributed by atoms with Crippen LogP contribution in [0.3, 0.4) is 0 Å². The van der Waals surface area contributed by atoms with Crippen LogP contribution in [0.2, 0.25) is 0 Å². The molecule has 1 saturated heterocycles. The summed E-state index contributed by atoms with van der Waals surface area (Å²) >= 11 is 1.10. The Kier molecular flexibility index (Phi) is 5.72. The zero-order valence-corrected chi connectivity index (χ0v) is 18.1. The van der Waals surface area contributed by atoms with Gasteiger partial charge in [-0.2, -0.15) is 4.39 Å². The summed E-state index contributed by atoms with van der Waals surface area (Å²) in [5.41, 5.74) is 3.49. The Morgan fingerprint density at radius 2 is 2.13 bits per heavy atom. The third-order valence-corrected chi connectivity index (χ3v) is 6.43. The number of amides is 1. The van der Waals surface area contributed by atoms with Crippen LogP contribution in [0.15, 0.2) is 48.4 Å². The number of aromatic nitrogens is 2. The van der Waals surface area contributed by atoms with Gasteiger partial charge in [0.15, 0.2) is 5.13 Å². The highest BCUT2D eigenvalue weighted by Crippen LogP contribution is 2.32. The fourth-order valence-corrected chi connectivity index (χ4v) is 4.59. The van der Waals surface area contributed by atoms with E-state index in [4.69, 9.17) is 4.74 Å². The molecule has 30 heavy (non-hydrogen) atoms. The number of benzene rings is 1. The molecule has 0 spiro atoms. The first-order valence-electron chi connectivity index (χ1n) is 9.92. The second-order valence-electron chi connectivity index (χ2n) is 7.44. The second-order valence-corrected chi connectivity index (χ2v) is 8.51. The van der Waals surface area contributed by atoms with Crippen molar-refractivity contribution in [3.05, 3.63) is 69.7 Å². The summed E-state index contributed by atoms with van der Waals surface area (Å²) in [5.74, 6) is 0.722. The Morgan fingerprint density at radius 1 is 1.30 bits per heavy atom. The van der Waals surface area contributed by atoms with Crippen LogP contribution in [0.1, 0.15) is 41.9 Å². The Labute approximate surface area is 179 Å². The number of nitrogens with zero attached hydrogens (tertiary/aromatic N) is 3. The number of rotatable bonds is 5. The van der Waals surface area contributed by atoms with Crippen molar-refractivity contribution >= 4 is 23.3 Å². The normalized spacial score (nSPS) is 16.9. The van der Waals surface area contributed by atoms with Crippen molar-refractivity contribution in [1.29, 1.82) is 0 Å². The number of ether oxygens (including phenoxy) is 1. The SMILES string of the molecule is COc1cc(/C=C2\CCCN([C@@H](C)c3ccc(F)s3)C2=O)ccc1-n1cnc(C)c1. The predicted molar refractivity (Wildman–Crippen MR) is 116 cm³/mol. The molecular weight excluding hydrogens is 401 g/mol. The molecule has 1 amide bonds. The molecule has 2 aromatic heterocycles. The van der Waals surface area contributed by atoms with Gasteiger partial charge in [-0.05, 0) is 62.6 Å². The van der Waals surface area contributed by atoms with E-state index in [1.54, 1.807) is 19.5 Å². The number of imidazole rings is 1. The van der Waals surface area contributed by atoms with E-state index in [2.05, 4.69) is 4.98 Å². The van der Waals surface area contributed by atoms with Crippen molar-refractivity contribution in [2.45, 2.75) is 32.7 Å². The van der Waals surface area contributed by atoms with Crippen molar-refractivity contribution in [1.82, 2.24) is 14.5 Å². The Balaban J connectivity index is 1.60. The monoisotopic (exact) mass is 425 g/mol. The highest BCUT2D eigenvalue weighted by Gasteiger charge is 2.28. The van der Waals surface area contributed by atoms with E-state index in [1.165, 1.54) is 6.07 Å². The van der Waals surface area contributed by atoms with E-state index >= 15 is 0 Å². The van der Waals surface area contributed by atoms with Gasteiger partial charge in [-0.3, -0.25) is 4.79 Å². The summed E-state index contributed by atoms with van der Waals surface area (Å²) in [6.07, 6.45) is 7.24. The highest BCUT2D eigenvalue weighted by molar-refractivity contribution is 7.10. The first-order chi connectivity index (χ1) is 14.5. The predicted octanol–water partition coefficient (Wildman–Crippen LogP) is 5.16. The summed E-state index contributed by atoms with van der Waals surface area (Å²) in [6.45, 7) is 4.57. The molecule has 1 fully saturated rings. The Bertz CT molecular complexity index is 1100. The number of thiophene rings is 1. The quantitative estimate of drug-likeness (QED) is 0.531. The molecule has 0 N–H and O–H groups in total. The van der Waals surface area contributed by atoms with Crippen LogP contribution in [0.5, 0.6) is 5.75 Å². The maximum Gasteiger partial charge on any atom is 0.250 e. The molecule has 3 heterocycles. The lowest BCUT2D eigenvalue weighted by atomic mass is 9.99. The van der Waals surface area contributed by atoms with Crippen LogP contribution in [0.4, 0.5) is 4.39 Å². The fourth-order valence-electron chi connectivity index (χ4n) is 3.79. The molecule has 0 radical (unpaired) electrons. The first-order valence-corrected chi connectivity index (χ1v) is 10.7. The molecule has 1 atom stereocenters. The molecule has 1 aromatic carbocycles. The van der Waals surface area contributed by atoms with E-state index < -0.39 is 0 Å². The number of hydrogen-bond acceptors (Lipinski definition) is 4. The van der Waals surface area contributed by atoms with Gasteiger partial charge in [0.1, 0.15) is 5.75 Å². The molecule has 156 valence electrons. The number of halogens is 1. The maximum absolute atomic E-state index is 13.4. The lowest BCUT2D eigenvalue weighted by Crippen LogP contribution is -2.38. The maximum atomic E-state index is 13.4. The van der Waals surface area contributed by atoms with Gasteiger partial charge in [-0.1, -0.05) is 6.07 Å². The topological polar surface area (TPSA) is 47.4 Å². The van der Waals surface area contributed by atoms with Gasteiger partial charge >= 0.3 is 0 Å². The smallest absolute Gasteiger partial charge is 0.250 e. The first kappa shape index (κ1) is 20.3. The van der Waals surface area contributed by atoms with Crippen LogP contribution in [-0.4, -0.2) is 34.0 Å². The molecule has 1 aliphatic heterocycles. The van der Waals surface area contributed by atoms with Gasteiger partial charge in [-0.25, -0.2) is 4.98 Å². The summed E-state index contributed by atoms with van der Waals surface area (Å²) in [7, 11) is 1.63. The zero-order valence-electron chi connectivity index (χ0n) is 17.3. The molecule has 7 heteroatoms. The highest BCUT2D eigenvalue weighted by atomic mass is 32.1. The minimum atomic E-state index is -0.225. The molecule has 3 aromatic rings. The van der Waals surface area contributed by atoms with Gasteiger partial charge in [0.2, 0.25) is 5.91 Å². The number of methoxy groups -OCH3 is 1. The van der Waals surface area contributed by atoms with Crippen LogP contribution < -0.4 is 4.74 Å². The van der Waals surface area contributed by atoms with Crippen LogP contribution >= 0.6 is 11.3 Å². The Morgan fingerprint density at radius 3 is 2.80 bits per heavy atom. The molecule has 5 nitrogen and oxygen atoms in total. The number of aryl methyl sites for hydroxylation is 1. The standard InChI is InChI=1S/C23H24FN3O2S/c1-15-13-26(14-25-15)19-7-6-17(12-20(19)29-3)11-18-5-4-10-27(23(18)28)16(2)21-8-9-22(24)30-21/h6-9,11-14,16H,4-5,10H2,1-3H3/b18-11+/t16-/m0/s1. The minimum absolute atomic E-state index is 0.0100. The van der Waals surface area contributed by atoms with E-state index in [-0.39, 0.29) is 17.1 Å². The van der Waals surface area contributed by atoms with E-state index in [0.29, 0.717) is 12.3 Å². The van der Waals surface area contributed by atoms with E-state index in [1.807, 2.05) is 53.8 Å². The lowest BCUT2D eigenvalue weighted by molar-refractivity contribution is -0.130. The zero-order chi connectivity index (χ0) is 21.3. The molecule has 0 aliphatic carbocycles. The van der Waals surface area contributed by atoms with Crippen molar-refractivity contribution < 1.29 is 13.9 Å². The summed E-state index contributed by atoms with van der Waals surface area (Å²) in [4.78, 5) is 20.1. The van der Waals surface area contributed by atoms with Crippen LogP contribution in [0, 0.1) is 12.1 Å². The van der Waals surface area contributed by atoms with Crippen molar-refractivity contribution in [3.63, 3.8) is 0 Å². The third kappa shape index (κ3) is 4.03. The van der Waals surface area contributed by atoms with Crippen molar-refractivity contribution in [3.8, 4) is 11.4 Å². The molecule has 1 aliphatic rings. The van der Waals surface area contributed by atoms with Crippen molar-refractivity contribution in [2.24, 2.45) is 0 Å². The number of piperidine rings is 1. The minimum Gasteiger partial charge on any atom is -0.495 e. The lowest BCUT2D eigenvalue weighted by Gasteiger charge is -2.33. The largest absolute Gasteiger partial charge is 0.495 e. The molecule has 4 rings (SSSR count). The average Bonchev–Trinajstić information content (AvgIpc) is 3.37. The summed E-state index contributed by atoms with van der Waals surface area (Å²) < 4.78 is 20.9. The second kappa shape index (κ2) is 8.44. The van der Waals surface area contributed by atoms with Crippen molar-refractivity contribution in [2.75, 3.05) is 13.7 Å². The average molecular weight is 426 g/mol. The van der Waals surface area contributed by atoms with Crippen LogP contribution in [-0.2, 0) is 4.79 Å². The molecule has 0 saturated carbocycles. The van der Waals surface area contributed by atoms with Gasteiger partial charge in [0.05, 0.1) is 30.9 Å². The fraction of sp³-hybridized carbons (Fsp3) is 0.304. The number of carbonyl (C=O) groups is 1. The number of carbonyl (C=O) groups excluding carboxylic acids is 1.